The van der Waals surface area contributed by atoms with E-state index in [1.54, 1.807) is 11.3 Å². The van der Waals surface area contributed by atoms with Gasteiger partial charge in [-0.1, -0.05) is 17.7 Å². The SMILES string of the molecule is C/C(=N/NC(=O)Cc1csc(N2CCOCC2)n1)c1cc(C)ccc1C. The zero-order valence-corrected chi connectivity index (χ0v) is 16.2. The van der Waals surface area contributed by atoms with Crippen molar-refractivity contribution in [3.05, 3.63) is 46.0 Å². The molecule has 1 aromatic carbocycles. The molecule has 3 rings (SSSR count). The Kier molecular flexibility index (Phi) is 6.00. The van der Waals surface area contributed by atoms with E-state index in [1.165, 1.54) is 5.56 Å². The third-order valence-electron chi connectivity index (χ3n) is 4.29. The molecule has 1 aliphatic rings. The molecular formula is C19H24N4O2S. The Labute approximate surface area is 157 Å². The van der Waals surface area contributed by atoms with Crippen LogP contribution >= 0.6 is 11.3 Å². The lowest BCUT2D eigenvalue weighted by molar-refractivity contribution is -0.120. The molecule has 0 unspecified atom stereocenters. The zero-order chi connectivity index (χ0) is 18.5. The molecule has 1 amide bonds. The van der Waals surface area contributed by atoms with Gasteiger partial charge in [-0.2, -0.15) is 5.10 Å². The van der Waals surface area contributed by atoms with Gasteiger partial charge in [0.25, 0.3) is 0 Å². The highest BCUT2D eigenvalue weighted by molar-refractivity contribution is 7.13. The third-order valence-corrected chi connectivity index (χ3v) is 5.24. The highest BCUT2D eigenvalue weighted by atomic mass is 32.1. The lowest BCUT2D eigenvalue weighted by Gasteiger charge is -2.26. The molecule has 1 saturated heterocycles. The van der Waals surface area contributed by atoms with Crippen LogP contribution in [0.4, 0.5) is 5.13 Å². The largest absolute Gasteiger partial charge is 0.378 e. The van der Waals surface area contributed by atoms with Gasteiger partial charge in [-0.05, 0) is 32.4 Å². The normalized spacial score (nSPS) is 15.2. The maximum absolute atomic E-state index is 12.2. The van der Waals surface area contributed by atoms with Gasteiger partial charge in [0.05, 0.1) is 31.0 Å². The molecule has 0 atom stereocenters. The lowest BCUT2D eigenvalue weighted by atomic mass is 10.0. The Hall–Kier alpha value is -2.25. The van der Waals surface area contributed by atoms with Crippen molar-refractivity contribution in [2.75, 3.05) is 31.2 Å². The van der Waals surface area contributed by atoms with Gasteiger partial charge in [0.2, 0.25) is 5.91 Å². The van der Waals surface area contributed by atoms with Gasteiger partial charge in [0.15, 0.2) is 5.13 Å². The van der Waals surface area contributed by atoms with E-state index in [0.29, 0.717) is 0 Å². The van der Waals surface area contributed by atoms with Crippen LogP contribution in [0.15, 0.2) is 28.7 Å². The lowest BCUT2D eigenvalue weighted by Crippen LogP contribution is -2.36. The summed E-state index contributed by atoms with van der Waals surface area (Å²) in [5, 5.41) is 7.14. The Morgan fingerprint density at radius 2 is 2.12 bits per heavy atom. The average Bonchev–Trinajstić information content (AvgIpc) is 3.11. The van der Waals surface area contributed by atoms with Crippen LogP contribution in [0.25, 0.3) is 0 Å². The van der Waals surface area contributed by atoms with Gasteiger partial charge in [0.1, 0.15) is 0 Å². The summed E-state index contributed by atoms with van der Waals surface area (Å²) in [5.41, 5.74) is 7.57. The fraction of sp³-hybridized carbons (Fsp3) is 0.421. The van der Waals surface area contributed by atoms with Crippen LogP contribution in [-0.2, 0) is 16.0 Å². The van der Waals surface area contributed by atoms with Crippen molar-refractivity contribution in [2.45, 2.75) is 27.2 Å². The summed E-state index contributed by atoms with van der Waals surface area (Å²) in [6.45, 7) is 9.13. The summed E-state index contributed by atoms with van der Waals surface area (Å²) in [5.74, 6) is -0.159. The smallest absolute Gasteiger partial charge is 0.246 e. The molecule has 1 aliphatic heterocycles. The van der Waals surface area contributed by atoms with Gasteiger partial charge in [-0.3, -0.25) is 4.79 Å². The highest BCUT2D eigenvalue weighted by Gasteiger charge is 2.15. The topological polar surface area (TPSA) is 66.8 Å². The number of aryl methyl sites for hydroxylation is 2. The van der Waals surface area contributed by atoms with Crippen LogP contribution in [0.1, 0.15) is 29.3 Å². The maximum atomic E-state index is 12.2. The number of nitrogens with one attached hydrogen (secondary N) is 1. The first-order valence-electron chi connectivity index (χ1n) is 8.71. The molecule has 0 bridgehead atoms. The molecule has 1 aromatic heterocycles. The van der Waals surface area contributed by atoms with Gasteiger partial charge < -0.3 is 9.64 Å². The average molecular weight is 372 g/mol. The van der Waals surface area contributed by atoms with Gasteiger partial charge in [-0.15, -0.1) is 11.3 Å². The number of carbonyl (C=O) groups excluding carboxylic acids is 1. The fourth-order valence-corrected chi connectivity index (χ4v) is 3.69. The first kappa shape index (κ1) is 18.5. The second-order valence-corrected chi connectivity index (χ2v) is 7.28. The Bertz CT molecular complexity index is 810. The Morgan fingerprint density at radius 3 is 2.88 bits per heavy atom. The highest BCUT2D eigenvalue weighted by Crippen LogP contribution is 2.21. The quantitative estimate of drug-likeness (QED) is 0.647. The number of hydrogen-bond donors (Lipinski definition) is 1. The van der Waals surface area contributed by atoms with Gasteiger partial charge in [0, 0.05) is 24.0 Å². The summed E-state index contributed by atoms with van der Waals surface area (Å²) in [4.78, 5) is 19.0. The Balaban J connectivity index is 1.58. The standard InChI is InChI=1S/C19H24N4O2S/c1-13-4-5-14(2)17(10-13)15(3)21-22-18(24)11-16-12-26-19(20-16)23-6-8-25-9-7-23/h4-5,10,12H,6-9,11H2,1-3H3,(H,22,24)/b21-15-. The van der Waals surface area contributed by atoms with Crippen LogP contribution in [-0.4, -0.2) is 42.9 Å². The first-order valence-corrected chi connectivity index (χ1v) is 9.59. The molecule has 1 fully saturated rings. The number of thiazole rings is 1. The summed E-state index contributed by atoms with van der Waals surface area (Å²) >= 11 is 1.57. The number of aromatic nitrogens is 1. The van der Waals surface area contributed by atoms with E-state index >= 15 is 0 Å². The molecule has 26 heavy (non-hydrogen) atoms. The minimum Gasteiger partial charge on any atom is -0.378 e. The number of morpholine rings is 1. The molecule has 6 nitrogen and oxygen atoms in total. The van der Waals surface area contributed by atoms with Crippen LogP contribution in [0.5, 0.6) is 0 Å². The van der Waals surface area contributed by atoms with Crippen molar-refractivity contribution in [3.8, 4) is 0 Å². The molecule has 0 spiro atoms. The van der Waals surface area contributed by atoms with E-state index in [1.807, 2.05) is 26.2 Å². The predicted octanol–water partition coefficient (Wildman–Crippen LogP) is 2.68. The van der Waals surface area contributed by atoms with Crippen molar-refractivity contribution < 1.29 is 9.53 Å². The van der Waals surface area contributed by atoms with Crippen molar-refractivity contribution in [1.82, 2.24) is 10.4 Å². The fourth-order valence-electron chi connectivity index (χ4n) is 2.81. The van der Waals surface area contributed by atoms with Crippen LogP contribution in [0.3, 0.4) is 0 Å². The van der Waals surface area contributed by atoms with E-state index in [-0.39, 0.29) is 12.3 Å². The molecule has 138 valence electrons. The van der Waals surface area contributed by atoms with Crippen molar-refractivity contribution in [1.29, 1.82) is 0 Å². The van der Waals surface area contributed by atoms with Crippen LogP contribution in [0.2, 0.25) is 0 Å². The molecular weight excluding hydrogens is 348 g/mol. The monoisotopic (exact) mass is 372 g/mol. The number of rotatable bonds is 5. The van der Waals surface area contributed by atoms with E-state index in [4.69, 9.17) is 4.74 Å². The van der Waals surface area contributed by atoms with E-state index in [2.05, 4.69) is 38.6 Å². The number of ether oxygens (including phenoxy) is 1. The van der Waals surface area contributed by atoms with Crippen molar-refractivity contribution in [2.24, 2.45) is 5.10 Å². The number of hydrazone groups is 1. The second-order valence-electron chi connectivity index (χ2n) is 6.45. The molecule has 2 heterocycles. The maximum Gasteiger partial charge on any atom is 0.246 e. The Morgan fingerprint density at radius 1 is 1.35 bits per heavy atom. The molecule has 2 aromatic rings. The van der Waals surface area contributed by atoms with E-state index in [9.17, 15) is 4.79 Å². The van der Waals surface area contributed by atoms with Gasteiger partial charge in [-0.25, -0.2) is 10.4 Å². The van der Waals surface area contributed by atoms with E-state index < -0.39 is 0 Å². The molecule has 0 aliphatic carbocycles. The van der Waals surface area contributed by atoms with Crippen molar-refractivity contribution >= 4 is 28.1 Å². The minimum atomic E-state index is -0.159. The van der Waals surface area contributed by atoms with E-state index in [0.717, 1.165) is 54.0 Å². The summed E-state index contributed by atoms with van der Waals surface area (Å²) in [6, 6.07) is 6.21. The van der Waals surface area contributed by atoms with Gasteiger partial charge >= 0.3 is 0 Å². The number of amides is 1. The number of nitrogens with zero attached hydrogens (tertiary/aromatic N) is 3. The van der Waals surface area contributed by atoms with Crippen LogP contribution < -0.4 is 10.3 Å². The number of carbonyl (C=O) groups is 1. The second kappa shape index (κ2) is 8.42. The summed E-state index contributed by atoms with van der Waals surface area (Å²) in [7, 11) is 0. The van der Waals surface area contributed by atoms with Crippen LogP contribution in [0, 0.1) is 13.8 Å². The number of benzene rings is 1. The number of anilines is 1. The first-order chi connectivity index (χ1) is 12.5. The zero-order valence-electron chi connectivity index (χ0n) is 15.4. The summed E-state index contributed by atoms with van der Waals surface area (Å²) in [6.07, 6.45) is 0.227. The van der Waals surface area contributed by atoms with Crippen molar-refractivity contribution in [3.63, 3.8) is 0 Å². The molecule has 0 radical (unpaired) electrons. The number of hydrogen-bond acceptors (Lipinski definition) is 6. The predicted molar refractivity (Wildman–Crippen MR) is 105 cm³/mol. The molecule has 7 heteroatoms. The molecule has 0 saturated carbocycles. The summed E-state index contributed by atoms with van der Waals surface area (Å²) < 4.78 is 5.36. The molecule has 1 N–H and O–H groups in total. The minimum absolute atomic E-state index is 0.159. The third kappa shape index (κ3) is 4.68.